The summed E-state index contributed by atoms with van der Waals surface area (Å²) < 4.78 is 12.6. The third-order valence-electron chi connectivity index (χ3n) is 10.5. The summed E-state index contributed by atoms with van der Waals surface area (Å²) in [5.41, 5.74) is 3.60. The number of aromatic hydroxyl groups is 1. The van der Waals surface area contributed by atoms with Gasteiger partial charge in [0.25, 0.3) is 5.91 Å². The van der Waals surface area contributed by atoms with Crippen LogP contribution in [0, 0.1) is 36.5 Å². The summed E-state index contributed by atoms with van der Waals surface area (Å²) in [6.45, 7) is 10.3. The Morgan fingerprint density at radius 1 is 1.21 bits per heavy atom. The first-order chi connectivity index (χ1) is 20.7. The molecule has 1 N–H and O–H groups in total. The zero-order valence-corrected chi connectivity index (χ0v) is 25.7. The lowest BCUT2D eigenvalue weighted by atomic mass is 9.50. The maximum absolute atomic E-state index is 13.9. The molecule has 2 bridgehead atoms. The fourth-order valence-corrected chi connectivity index (χ4v) is 8.76. The molecular formula is C36H42N2O5. The van der Waals surface area contributed by atoms with Crippen LogP contribution >= 0.6 is 0 Å². The first kappa shape index (κ1) is 28.3. The number of hydrogen-bond donors (Lipinski definition) is 1. The number of nitrogens with zero attached hydrogens (tertiary/aromatic N) is 2. The highest BCUT2D eigenvalue weighted by molar-refractivity contribution is 5.94. The molecule has 2 saturated carbocycles. The molecule has 5 aliphatic rings. The van der Waals surface area contributed by atoms with Gasteiger partial charge in [0.15, 0.2) is 11.5 Å². The van der Waals surface area contributed by atoms with Crippen molar-refractivity contribution in [2.75, 3.05) is 19.6 Å². The Morgan fingerprint density at radius 3 is 2.74 bits per heavy atom. The largest absolute Gasteiger partial charge is 0.504 e. The second-order valence-electron chi connectivity index (χ2n) is 13.9. The molecule has 1 saturated heterocycles. The van der Waals surface area contributed by atoms with Gasteiger partial charge >= 0.3 is 5.97 Å². The standard InChI is InChI=1S/C36H42N2O5/c1-21(2)19-38(32(41)13-10-24-7-5-6-22(3)16-24)28-12-11-27-29-17-26-31(42-23(4)39)18-30(40)34-33(26)36(27,35(28)43-34)14-15-37(29)20-25-8-9-25/h5-7,16,18,21,25,27-29,35,40H,8-9,11-12,14-15,17,19-20H2,1-4H3/t27-,28+,29+,35-,36-/m0/s1. The van der Waals surface area contributed by atoms with Crippen LogP contribution in [0.1, 0.15) is 75.1 Å². The highest BCUT2D eigenvalue weighted by atomic mass is 16.5. The number of carbonyl (C=O) groups excluding carboxylic acids is 2. The van der Waals surface area contributed by atoms with Gasteiger partial charge in [0, 0.05) is 60.1 Å². The highest BCUT2D eigenvalue weighted by Gasteiger charge is 2.67. The molecule has 2 heterocycles. The van der Waals surface area contributed by atoms with Crippen LogP contribution in [0.2, 0.25) is 0 Å². The number of amides is 1. The summed E-state index contributed by atoms with van der Waals surface area (Å²) in [6, 6.07) is 9.61. The van der Waals surface area contributed by atoms with E-state index in [0.29, 0.717) is 30.0 Å². The number of phenols is 1. The molecule has 0 aromatic heterocycles. The first-order valence-electron chi connectivity index (χ1n) is 16.0. The van der Waals surface area contributed by atoms with Crippen LogP contribution in [0.3, 0.4) is 0 Å². The highest BCUT2D eigenvalue weighted by Crippen LogP contribution is 2.65. The fraction of sp³-hybridized carbons (Fsp3) is 0.556. The van der Waals surface area contributed by atoms with Crippen molar-refractivity contribution in [1.82, 2.24) is 9.80 Å². The second kappa shape index (κ2) is 10.6. The average molecular weight is 583 g/mol. The van der Waals surface area contributed by atoms with Crippen molar-refractivity contribution < 1.29 is 24.2 Å². The van der Waals surface area contributed by atoms with E-state index in [2.05, 4.69) is 30.6 Å². The molecule has 7 nitrogen and oxygen atoms in total. The van der Waals surface area contributed by atoms with Gasteiger partial charge in [-0.05, 0) is 87.4 Å². The maximum atomic E-state index is 13.9. The van der Waals surface area contributed by atoms with E-state index in [4.69, 9.17) is 9.47 Å². The molecule has 226 valence electrons. The van der Waals surface area contributed by atoms with Crippen LogP contribution in [0.25, 0.3) is 0 Å². The smallest absolute Gasteiger partial charge is 0.308 e. The Bertz CT molecular complexity index is 1530. The van der Waals surface area contributed by atoms with E-state index in [0.717, 1.165) is 66.9 Å². The number of ether oxygens (including phenoxy) is 2. The molecule has 1 spiro atoms. The first-order valence-corrected chi connectivity index (χ1v) is 16.0. The van der Waals surface area contributed by atoms with Crippen molar-refractivity contribution in [1.29, 1.82) is 0 Å². The van der Waals surface area contributed by atoms with Gasteiger partial charge in [0.2, 0.25) is 0 Å². The zero-order chi connectivity index (χ0) is 30.0. The van der Waals surface area contributed by atoms with Crippen molar-refractivity contribution in [3.05, 3.63) is 52.6 Å². The van der Waals surface area contributed by atoms with Crippen LogP contribution in [-0.4, -0.2) is 64.6 Å². The van der Waals surface area contributed by atoms with Gasteiger partial charge in [0.1, 0.15) is 11.9 Å². The van der Waals surface area contributed by atoms with E-state index in [1.807, 2.05) is 36.1 Å². The molecule has 7 heteroatoms. The minimum Gasteiger partial charge on any atom is -0.504 e. The molecule has 0 unspecified atom stereocenters. The van der Waals surface area contributed by atoms with E-state index in [1.54, 1.807) is 6.07 Å². The number of esters is 1. The van der Waals surface area contributed by atoms with E-state index >= 15 is 0 Å². The van der Waals surface area contributed by atoms with E-state index < -0.39 is 5.97 Å². The maximum Gasteiger partial charge on any atom is 0.308 e. The van der Waals surface area contributed by atoms with Crippen LogP contribution in [0.15, 0.2) is 30.3 Å². The van der Waals surface area contributed by atoms with Crippen LogP contribution < -0.4 is 9.47 Å². The molecular weight excluding hydrogens is 540 g/mol. The Kier molecular flexibility index (Phi) is 6.97. The van der Waals surface area contributed by atoms with Crippen LogP contribution in [0.4, 0.5) is 0 Å². The number of benzene rings is 2. The van der Waals surface area contributed by atoms with Crippen LogP contribution in [0.5, 0.6) is 17.2 Å². The SMILES string of the molecule is CC(=O)Oc1cc(O)c2c3c1C[C@@H]1[C@@H]4CC[C@@H](N(CC(C)C)C(=O)C#Cc5cccc(C)c5)[C@H](O2)[C@]34CCN1CC1CC1. The number of carbonyl (C=O) groups is 2. The van der Waals surface area contributed by atoms with Gasteiger partial charge in [0.05, 0.1) is 6.04 Å². The zero-order valence-electron chi connectivity index (χ0n) is 25.7. The molecule has 2 aromatic carbocycles. The van der Waals surface area contributed by atoms with Crippen molar-refractivity contribution in [3.8, 4) is 29.1 Å². The summed E-state index contributed by atoms with van der Waals surface area (Å²) in [4.78, 5) is 30.7. The lowest BCUT2D eigenvalue weighted by Gasteiger charge is -2.60. The summed E-state index contributed by atoms with van der Waals surface area (Å²) >= 11 is 0. The normalized spacial score (nSPS) is 28.4. The van der Waals surface area contributed by atoms with Crippen molar-refractivity contribution >= 4 is 11.9 Å². The summed E-state index contributed by atoms with van der Waals surface area (Å²) in [5.74, 6) is 7.85. The predicted molar refractivity (Wildman–Crippen MR) is 163 cm³/mol. The minimum absolute atomic E-state index is 0.0103. The quantitative estimate of drug-likeness (QED) is 0.294. The number of piperidine rings is 1. The molecule has 0 radical (unpaired) electrons. The third-order valence-corrected chi connectivity index (χ3v) is 10.5. The fourth-order valence-electron chi connectivity index (χ4n) is 8.76. The number of likely N-dealkylation sites (tertiary alicyclic amines) is 1. The lowest BCUT2D eigenvalue weighted by molar-refractivity contribution is -0.138. The number of hydrogen-bond acceptors (Lipinski definition) is 6. The topological polar surface area (TPSA) is 79.3 Å². The van der Waals surface area contributed by atoms with E-state index in [9.17, 15) is 14.7 Å². The summed E-state index contributed by atoms with van der Waals surface area (Å²) in [5, 5.41) is 11.3. The molecule has 3 fully saturated rings. The minimum atomic E-state index is -0.395. The van der Waals surface area contributed by atoms with E-state index in [1.165, 1.54) is 19.8 Å². The summed E-state index contributed by atoms with van der Waals surface area (Å²) in [6.07, 6.45) is 5.78. The van der Waals surface area contributed by atoms with Gasteiger partial charge < -0.3 is 19.5 Å². The van der Waals surface area contributed by atoms with Crippen molar-refractivity contribution in [3.63, 3.8) is 0 Å². The molecule has 1 amide bonds. The van der Waals surface area contributed by atoms with E-state index in [-0.39, 0.29) is 35.1 Å². The molecule has 7 rings (SSSR count). The lowest BCUT2D eigenvalue weighted by Crippen LogP contribution is -2.69. The van der Waals surface area contributed by atoms with Crippen molar-refractivity contribution in [2.45, 2.75) is 89.8 Å². The van der Waals surface area contributed by atoms with Gasteiger partial charge in [-0.1, -0.05) is 31.9 Å². The predicted octanol–water partition coefficient (Wildman–Crippen LogP) is 4.98. The Labute approximate surface area is 254 Å². The molecule has 5 atom stereocenters. The van der Waals surface area contributed by atoms with Gasteiger partial charge in [-0.2, -0.15) is 0 Å². The Hall–Kier alpha value is -3.50. The second-order valence-corrected chi connectivity index (χ2v) is 13.9. The number of rotatable bonds is 6. The Balaban J connectivity index is 1.30. The number of phenolic OH excluding ortho intramolecular Hbond substituents is 1. The van der Waals surface area contributed by atoms with Crippen molar-refractivity contribution in [2.24, 2.45) is 17.8 Å². The molecule has 2 aliphatic heterocycles. The van der Waals surface area contributed by atoms with Crippen LogP contribution in [-0.2, 0) is 21.4 Å². The molecule has 3 aliphatic carbocycles. The van der Waals surface area contributed by atoms with Gasteiger partial charge in [-0.25, -0.2) is 0 Å². The summed E-state index contributed by atoms with van der Waals surface area (Å²) in [7, 11) is 0. The third kappa shape index (κ3) is 4.79. The monoisotopic (exact) mass is 582 g/mol. The molecule has 43 heavy (non-hydrogen) atoms. The average Bonchev–Trinajstić information content (AvgIpc) is 3.71. The Morgan fingerprint density at radius 2 is 2.02 bits per heavy atom. The van der Waals surface area contributed by atoms with Gasteiger partial charge in [-0.3, -0.25) is 14.5 Å². The molecule has 2 aromatic rings. The number of aryl methyl sites for hydroxylation is 1. The van der Waals surface area contributed by atoms with Gasteiger partial charge in [-0.15, -0.1) is 0 Å².